The molecule has 0 bridgehead atoms. The highest BCUT2D eigenvalue weighted by atomic mass is 35.5. The number of benzene rings is 3. The van der Waals surface area contributed by atoms with Crippen LogP contribution in [0.2, 0.25) is 5.02 Å². The lowest BCUT2D eigenvalue weighted by Gasteiger charge is -2.34. The molecular weight excluding hydrogens is 432 g/mol. The highest BCUT2D eigenvalue weighted by molar-refractivity contribution is 6.30. The Hall–Kier alpha value is -3.37. The monoisotopic (exact) mass is 458 g/mol. The van der Waals surface area contributed by atoms with E-state index in [-0.39, 0.29) is 11.8 Å². The molecule has 0 spiro atoms. The zero-order chi connectivity index (χ0) is 23.8. The van der Waals surface area contributed by atoms with Crippen LogP contribution in [0.25, 0.3) is 11.6 Å². The lowest BCUT2D eigenvalue weighted by molar-refractivity contribution is -0.122. The molecule has 4 nitrogen and oxygen atoms in total. The van der Waals surface area contributed by atoms with Gasteiger partial charge < -0.3 is 5.32 Å². The van der Waals surface area contributed by atoms with Crippen LogP contribution in [0.15, 0.2) is 72.8 Å². The van der Waals surface area contributed by atoms with Gasteiger partial charge in [0, 0.05) is 21.8 Å². The van der Waals surface area contributed by atoms with Gasteiger partial charge in [-0.3, -0.25) is 14.5 Å². The minimum atomic E-state index is -0.869. The molecule has 0 saturated heterocycles. The van der Waals surface area contributed by atoms with E-state index in [0.717, 1.165) is 22.3 Å². The van der Waals surface area contributed by atoms with Crippen molar-refractivity contribution in [2.75, 3.05) is 4.90 Å². The summed E-state index contributed by atoms with van der Waals surface area (Å²) in [7, 11) is 0. The summed E-state index contributed by atoms with van der Waals surface area (Å²) in [6, 6.07) is 21.6. The Morgan fingerprint density at radius 2 is 1.58 bits per heavy atom. The topological polar surface area (TPSA) is 49.4 Å². The van der Waals surface area contributed by atoms with Crippen LogP contribution < -0.4 is 10.2 Å². The quantitative estimate of drug-likeness (QED) is 0.513. The van der Waals surface area contributed by atoms with Gasteiger partial charge in [-0.15, -0.1) is 0 Å². The van der Waals surface area contributed by atoms with Crippen LogP contribution in [0.1, 0.15) is 47.8 Å². The first-order valence-electron chi connectivity index (χ1n) is 10.9. The van der Waals surface area contributed by atoms with Crippen molar-refractivity contribution in [3.05, 3.63) is 100 Å². The molecule has 2 amide bonds. The highest BCUT2D eigenvalue weighted by Gasteiger charge is 2.39. The van der Waals surface area contributed by atoms with E-state index in [1.54, 1.807) is 17.0 Å². The summed E-state index contributed by atoms with van der Waals surface area (Å²) < 4.78 is 0. The smallest absolute Gasteiger partial charge is 0.259 e. The van der Waals surface area contributed by atoms with E-state index < -0.39 is 11.6 Å². The molecule has 33 heavy (non-hydrogen) atoms. The fraction of sp³-hybridized carbons (Fsp3) is 0.214. The van der Waals surface area contributed by atoms with Gasteiger partial charge in [0.2, 0.25) is 5.91 Å². The summed E-state index contributed by atoms with van der Waals surface area (Å²) in [6.45, 7) is 7.75. The Labute approximate surface area is 199 Å². The molecule has 1 aliphatic heterocycles. The van der Waals surface area contributed by atoms with Gasteiger partial charge in [-0.25, -0.2) is 0 Å². The van der Waals surface area contributed by atoms with Crippen molar-refractivity contribution in [1.29, 1.82) is 0 Å². The molecule has 0 fully saturated rings. The second-order valence-electron chi connectivity index (χ2n) is 9.30. The summed E-state index contributed by atoms with van der Waals surface area (Å²) >= 11 is 6.16. The summed E-state index contributed by atoms with van der Waals surface area (Å²) in [5, 5.41) is 3.70. The first-order valence-corrected chi connectivity index (χ1v) is 11.3. The fourth-order valence-electron chi connectivity index (χ4n) is 4.11. The number of hydrogen-bond donors (Lipinski definition) is 1. The van der Waals surface area contributed by atoms with Crippen molar-refractivity contribution < 1.29 is 9.59 Å². The summed E-state index contributed by atoms with van der Waals surface area (Å²) in [4.78, 5) is 29.5. The lowest BCUT2D eigenvalue weighted by atomic mass is 9.93. The predicted octanol–water partition coefficient (Wildman–Crippen LogP) is 6.13. The average molecular weight is 459 g/mol. The Kier molecular flexibility index (Phi) is 6.13. The third kappa shape index (κ3) is 4.71. The number of carbonyl (C=O) groups is 2. The molecule has 0 aliphatic carbocycles. The van der Waals surface area contributed by atoms with Crippen LogP contribution in [0, 0.1) is 6.92 Å². The molecule has 0 radical (unpaired) electrons. The second kappa shape index (κ2) is 8.87. The first-order chi connectivity index (χ1) is 15.7. The largest absolute Gasteiger partial charge is 0.349 e. The van der Waals surface area contributed by atoms with E-state index in [9.17, 15) is 9.59 Å². The van der Waals surface area contributed by atoms with Crippen molar-refractivity contribution in [3.63, 3.8) is 0 Å². The van der Waals surface area contributed by atoms with Gasteiger partial charge in [0.1, 0.15) is 6.04 Å². The van der Waals surface area contributed by atoms with Gasteiger partial charge in [-0.2, -0.15) is 0 Å². The average Bonchev–Trinajstić information content (AvgIpc) is 2.88. The molecule has 1 atom stereocenters. The predicted molar refractivity (Wildman–Crippen MR) is 135 cm³/mol. The maximum atomic E-state index is 14.0. The SMILES string of the molecule is Cc1ccccc1N1C(=O)c2ccccc2C=C(c2ccc(Cl)cc2)C1C(=O)NC(C)(C)C. The molecule has 1 heterocycles. The molecule has 5 heteroatoms. The molecule has 3 aromatic rings. The molecule has 168 valence electrons. The number of para-hydroxylation sites is 1. The fourth-order valence-corrected chi connectivity index (χ4v) is 4.24. The van der Waals surface area contributed by atoms with Crippen molar-refractivity contribution in [1.82, 2.24) is 5.32 Å². The van der Waals surface area contributed by atoms with Gasteiger partial charge in [0.15, 0.2) is 0 Å². The number of anilines is 1. The van der Waals surface area contributed by atoms with Crippen molar-refractivity contribution in [2.45, 2.75) is 39.3 Å². The first kappa shape index (κ1) is 22.8. The van der Waals surface area contributed by atoms with Crippen LogP contribution in [-0.2, 0) is 4.79 Å². The molecular formula is C28H27ClN2O2. The highest BCUT2D eigenvalue weighted by Crippen LogP contribution is 2.36. The van der Waals surface area contributed by atoms with E-state index in [4.69, 9.17) is 11.6 Å². The van der Waals surface area contributed by atoms with Gasteiger partial charge in [0.25, 0.3) is 5.91 Å². The van der Waals surface area contributed by atoms with E-state index >= 15 is 0 Å². The zero-order valence-corrected chi connectivity index (χ0v) is 20.0. The van der Waals surface area contributed by atoms with E-state index in [1.807, 2.05) is 94.4 Å². The number of halogens is 1. The molecule has 0 aromatic heterocycles. The second-order valence-corrected chi connectivity index (χ2v) is 9.73. The number of amides is 2. The van der Waals surface area contributed by atoms with Gasteiger partial charge in [-0.1, -0.05) is 60.1 Å². The summed E-state index contributed by atoms with van der Waals surface area (Å²) in [5.74, 6) is -0.456. The Morgan fingerprint density at radius 1 is 0.939 bits per heavy atom. The third-order valence-electron chi connectivity index (χ3n) is 5.57. The summed E-state index contributed by atoms with van der Waals surface area (Å²) in [6.07, 6.45) is 1.95. The number of rotatable bonds is 3. The van der Waals surface area contributed by atoms with E-state index in [1.165, 1.54) is 0 Å². The van der Waals surface area contributed by atoms with Crippen LogP contribution in [0.5, 0.6) is 0 Å². The van der Waals surface area contributed by atoms with Crippen molar-refractivity contribution in [2.24, 2.45) is 0 Å². The van der Waals surface area contributed by atoms with Crippen LogP contribution in [0.4, 0.5) is 5.69 Å². The number of nitrogens with zero attached hydrogens (tertiary/aromatic N) is 1. The van der Waals surface area contributed by atoms with Gasteiger partial charge >= 0.3 is 0 Å². The maximum absolute atomic E-state index is 14.0. The number of fused-ring (bicyclic) bond motifs is 1. The minimum absolute atomic E-state index is 0.214. The molecule has 1 aliphatic rings. The number of carbonyl (C=O) groups excluding carboxylic acids is 2. The standard InChI is InChI=1S/C28H27ClN2O2/c1-18-9-5-8-12-24(18)31-25(26(32)30-28(2,3)4)23(19-13-15-21(29)16-14-19)17-20-10-6-7-11-22(20)27(31)33/h5-17,25H,1-4H3,(H,30,32). The number of aryl methyl sites for hydroxylation is 1. The van der Waals surface area contributed by atoms with E-state index in [2.05, 4.69) is 5.32 Å². The number of nitrogens with one attached hydrogen (secondary N) is 1. The molecule has 3 aromatic carbocycles. The Bertz CT molecular complexity index is 1240. The normalized spacial score (nSPS) is 16.0. The van der Waals surface area contributed by atoms with Gasteiger partial charge in [0.05, 0.1) is 0 Å². The third-order valence-corrected chi connectivity index (χ3v) is 5.82. The minimum Gasteiger partial charge on any atom is -0.349 e. The molecule has 1 unspecified atom stereocenters. The van der Waals surface area contributed by atoms with Crippen LogP contribution in [0.3, 0.4) is 0 Å². The van der Waals surface area contributed by atoms with E-state index in [0.29, 0.717) is 16.3 Å². The maximum Gasteiger partial charge on any atom is 0.259 e. The Morgan fingerprint density at radius 3 is 2.24 bits per heavy atom. The number of hydrogen-bond acceptors (Lipinski definition) is 2. The summed E-state index contributed by atoms with van der Waals surface area (Å²) in [5.41, 5.74) is 4.03. The molecule has 4 rings (SSSR count). The molecule has 0 saturated carbocycles. The van der Waals surface area contributed by atoms with Crippen molar-refractivity contribution in [3.8, 4) is 0 Å². The Balaban J connectivity index is 2.01. The van der Waals surface area contributed by atoms with Crippen molar-refractivity contribution >= 4 is 40.8 Å². The van der Waals surface area contributed by atoms with Crippen LogP contribution in [-0.4, -0.2) is 23.4 Å². The lowest BCUT2D eigenvalue weighted by Crippen LogP contribution is -2.54. The van der Waals surface area contributed by atoms with Crippen LogP contribution >= 0.6 is 11.6 Å². The van der Waals surface area contributed by atoms with Gasteiger partial charge in [-0.05, 0) is 80.3 Å². The zero-order valence-electron chi connectivity index (χ0n) is 19.2. The molecule has 1 N–H and O–H groups in total.